The molecule has 1 unspecified atom stereocenters. The summed E-state index contributed by atoms with van der Waals surface area (Å²) >= 11 is 0. The lowest BCUT2D eigenvalue weighted by molar-refractivity contribution is 0.0745. The zero-order valence-electron chi connectivity index (χ0n) is 12.2. The van der Waals surface area contributed by atoms with Gasteiger partial charge in [-0.05, 0) is 12.1 Å². The number of nitrogens with zero attached hydrogens (tertiary/aromatic N) is 3. The smallest absolute Gasteiger partial charge is 0.275 e. The molecule has 2 aromatic carbocycles. The first-order valence-electron chi connectivity index (χ1n) is 7.16. The molecule has 1 heterocycles. The third-order valence-electron chi connectivity index (χ3n) is 3.59. The van der Waals surface area contributed by atoms with Crippen molar-refractivity contribution in [2.75, 3.05) is 0 Å². The fourth-order valence-electron chi connectivity index (χ4n) is 2.40. The molecule has 0 saturated carbocycles. The molecule has 0 fully saturated rings. The van der Waals surface area contributed by atoms with Crippen molar-refractivity contribution in [3.05, 3.63) is 71.8 Å². The average molecular weight is 303 g/mol. The Labute approximate surface area is 133 Å². The summed E-state index contributed by atoms with van der Waals surface area (Å²) in [4.78, 5) is 24.9. The second-order valence-electron chi connectivity index (χ2n) is 5.11. The predicted molar refractivity (Wildman–Crippen MR) is 84.8 cm³/mol. The zero-order valence-corrected chi connectivity index (χ0v) is 12.2. The van der Waals surface area contributed by atoms with Crippen molar-refractivity contribution < 1.29 is 9.59 Å². The van der Waals surface area contributed by atoms with E-state index < -0.39 is 6.04 Å². The third kappa shape index (κ3) is 2.87. The van der Waals surface area contributed by atoms with Gasteiger partial charge in [-0.2, -0.15) is 10.4 Å². The summed E-state index contributed by atoms with van der Waals surface area (Å²) in [6, 6.07) is 18.6. The van der Waals surface area contributed by atoms with Crippen molar-refractivity contribution in [3.8, 4) is 6.07 Å². The maximum Gasteiger partial charge on any atom is 0.275 e. The number of hydrogen-bond donors (Lipinski definition) is 0. The summed E-state index contributed by atoms with van der Waals surface area (Å²) < 4.78 is 0. The van der Waals surface area contributed by atoms with E-state index in [0.717, 1.165) is 5.01 Å². The van der Waals surface area contributed by atoms with Crippen LogP contribution in [0.4, 0.5) is 0 Å². The monoisotopic (exact) mass is 303 g/mol. The van der Waals surface area contributed by atoms with Crippen LogP contribution in [0.15, 0.2) is 65.8 Å². The van der Waals surface area contributed by atoms with Crippen LogP contribution in [0.3, 0.4) is 0 Å². The van der Waals surface area contributed by atoms with E-state index >= 15 is 0 Å². The Morgan fingerprint density at radius 3 is 2.13 bits per heavy atom. The average Bonchev–Trinajstić information content (AvgIpc) is 3.06. The second-order valence-corrected chi connectivity index (χ2v) is 5.11. The first kappa shape index (κ1) is 14.7. The lowest BCUT2D eigenvalue weighted by Crippen LogP contribution is -2.31. The normalized spacial score (nSPS) is 16.6. The fraction of sp³-hybridized carbons (Fsp3) is 0.111. The first-order valence-corrected chi connectivity index (χ1v) is 7.16. The lowest BCUT2D eigenvalue weighted by Gasteiger charge is -2.15. The van der Waals surface area contributed by atoms with Gasteiger partial charge in [-0.1, -0.05) is 48.5 Å². The molecule has 0 N–H and O–H groups in total. The van der Waals surface area contributed by atoms with Crippen LogP contribution < -0.4 is 0 Å². The van der Waals surface area contributed by atoms with Gasteiger partial charge in [0, 0.05) is 17.5 Å². The van der Waals surface area contributed by atoms with Gasteiger partial charge >= 0.3 is 0 Å². The molecular weight excluding hydrogens is 290 g/mol. The van der Waals surface area contributed by atoms with E-state index in [0.29, 0.717) is 11.1 Å². The number of ketones is 1. The zero-order chi connectivity index (χ0) is 16.2. The Hall–Kier alpha value is -3.26. The van der Waals surface area contributed by atoms with E-state index in [-0.39, 0.29) is 23.8 Å². The number of amides is 1. The van der Waals surface area contributed by atoms with Crippen LogP contribution in [0.25, 0.3) is 0 Å². The maximum atomic E-state index is 12.5. The van der Waals surface area contributed by atoms with E-state index in [4.69, 9.17) is 0 Å². The molecule has 1 aliphatic rings. The highest BCUT2D eigenvalue weighted by Gasteiger charge is 2.34. The summed E-state index contributed by atoms with van der Waals surface area (Å²) in [6.07, 6.45) is 0.142. The van der Waals surface area contributed by atoms with Crippen molar-refractivity contribution >= 4 is 17.4 Å². The van der Waals surface area contributed by atoms with Crippen LogP contribution in [-0.2, 0) is 0 Å². The van der Waals surface area contributed by atoms with Crippen molar-refractivity contribution in [2.45, 2.75) is 12.5 Å². The summed E-state index contributed by atoms with van der Waals surface area (Å²) in [5, 5.41) is 14.5. The van der Waals surface area contributed by atoms with Gasteiger partial charge in [0.2, 0.25) is 5.78 Å². The number of benzene rings is 2. The molecule has 1 atom stereocenters. The van der Waals surface area contributed by atoms with Crippen LogP contribution in [0.5, 0.6) is 0 Å². The molecule has 1 amide bonds. The van der Waals surface area contributed by atoms with Crippen molar-refractivity contribution in [1.82, 2.24) is 5.01 Å². The summed E-state index contributed by atoms with van der Waals surface area (Å²) in [5.41, 5.74) is 1.16. The molecule has 0 saturated heterocycles. The number of Topliss-reactive ketones (excluding diaryl/α,β-unsaturated/α-hetero) is 1. The van der Waals surface area contributed by atoms with Gasteiger partial charge < -0.3 is 0 Å². The highest BCUT2D eigenvalue weighted by Crippen LogP contribution is 2.20. The Morgan fingerprint density at radius 2 is 1.57 bits per heavy atom. The van der Waals surface area contributed by atoms with Gasteiger partial charge in [0.05, 0.1) is 6.07 Å². The van der Waals surface area contributed by atoms with Crippen LogP contribution in [-0.4, -0.2) is 28.5 Å². The molecule has 112 valence electrons. The molecule has 5 nitrogen and oxygen atoms in total. The third-order valence-corrected chi connectivity index (χ3v) is 3.59. The Bertz CT molecular complexity index is 807. The van der Waals surface area contributed by atoms with E-state index in [1.807, 2.05) is 12.1 Å². The number of hydrogen-bond acceptors (Lipinski definition) is 4. The van der Waals surface area contributed by atoms with Crippen LogP contribution in [0.2, 0.25) is 0 Å². The number of carbonyl (C=O) groups is 2. The number of rotatable bonds is 3. The SMILES string of the molecule is N#CC1CC(C(=O)c2ccccc2)=NN1C(=O)c1ccccc1. The molecule has 0 aromatic heterocycles. The van der Waals surface area contributed by atoms with Gasteiger partial charge in [-0.3, -0.25) is 9.59 Å². The van der Waals surface area contributed by atoms with Crippen LogP contribution in [0.1, 0.15) is 27.1 Å². The second kappa shape index (κ2) is 6.24. The Morgan fingerprint density at radius 1 is 1.00 bits per heavy atom. The molecular formula is C18H13N3O2. The topological polar surface area (TPSA) is 73.5 Å². The fourth-order valence-corrected chi connectivity index (χ4v) is 2.40. The van der Waals surface area contributed by atoms with Crippen molar-refractivity contribution in [2.24, 2.45) is 5.10 Å². The van der Waals surface area contributed by atoms with Crippen LogP contribution in [0, 0.1) is 11.3 Å². The van der Waals surface area contributed by atoms with Gasteiger partial charge in [-0.25, -0.2) is 5.01 Å². The Kier molecular flexibility index (Phi) is 3.98. The maximum absolute atomic E-state index is 12.5. The minimum Gasteiger partial charge on any atom is -0.287 e. The minimum absolute atomic E-state index is 0.142. The van der Waals surface area contributed by atoms with Crippen molar-refractivity contribution in [3.63, 3.8) is 0 Å². The minimum atomic E-state index is -0.759. The molecule has 23 heavy (non-hydrogen) atoms. The van der Waals surface area contributed by atoms with Crippen LogP contribution >= 0.6 is 0 Å². The first-order chi connectivity index (χ1) is 11.2. The van der Waals surface area contributed by atoms with E-state index in [9.17, 15) is 14.9 Å². The molecule has 3 rings (SSSR count). The van der Waals surface area contributed by atoms with Gasteiger partial charge in [-0.15, -0.1) is 0 Å². The molecule has 1 aliphatic heterocycles. The number of carbonyl (C=O) groups excluding carboxylic acids is 2. The molecule has 5 heteroatoms. The number of hydrazone groups is 1. The van der Waals surface area contributed by atoms with E-state index in [2.05, 4.69) is 5.10 Å². The molecule has 0 radical (unpaired) electrons. The lowest BCUT2D eigenvalue weighted by atomic mass is 10.0. The number of nitriles is 1. The van der Waals surface area contributed by atoms with Crippen molar-refractivity contribution in [1.29, 1.82) is 5.26 Å². The molecule has 0 spiro atoms. The predicted octanol–water partition coefficient (Wildman–Crippen LogP) is 2.66. The van der Waals surface area contributed by atoms with Gasteiger partial charge in [0.25, 0.3) is 5.91 Å². The van der Waals surface area contributed by atoms with Gasteiger partial charge in [0.1, 0.15) is 11.8 Å². The molecule has 0 bridgehead atoms. The highest BCUT2D eigenvalue weighted by atomic mass is 16.2. The largest absolute Gasteiger partial charge is 0.287 e. The summed E-state index contributed by atoms with van der Waals surface area (Å²) in [6.45, 7) is 0. The molecule has 0 aliphatic carbocycles. The molecule has 2 aromatic rings. The standard InChI is InChI=1S/C18H13N3O2/c19-12-15-11-16(17(22)13-7-3-1-4-8-13)20-21(15)18(23)14-9-5-2-6-10-14/h1-10,15H,11H2. The highest BCUT2D eigenvalue weighted by molar-refractivity contribution is 6.46. The summed E-state index contributed by atoms with van der Waals surface area (Å²) in [5.74, 6) is -0.637. The Balaban J connectivity index is 1.89. The van der Waals surface area contributed by atoms with Gasteiger partial charge in [0.15, 0.2) is 0 Å². The van der Waals surface area contributed by atoms with E-state index in [1.165, 1.54) is 0 Å². The van der Waals surface area contributed by atoms with E-state index in [1.54, 1.807) is 54.6 Å². The summed E-state index contributed by atoms with van der Waals surface area (Å²) in [7, 11) is 0. The quantitative estimate of drug-likeness (QED) is 0.818.